The molecule has 0 radical (unpaired) electrons. The number of ether oxygens (including phenoxy) is 2. The first-order valence-electron chi connectivity index (χ1n) is 9.25. The van der Waals surface area contributed by atoms with Gasteiger partial charge in [-0.2, -0.15) is 0 Å². The van der Waals surface area contributed by atoms with Crippen molar-refractivity contribution in [3.05, 3.63) is 76.5 Å². The molecule has 0 saturated heterocycles. The van der Waals surface area contributed by atoms with Crippen molar-refractivity contribution in [3.8, 4) is 0 Å². The fourth-order valence-electron chi connectivity index (χ4n) is 4.76. The highest BCUT2D eigenvalue weighted by Crippen LogP contribution is 2.58. The third-order valence-corrected chi connectivity index (χ3v) is 5.83. The highest BCUT2D eigenvalue weighted by Gasteiger charge is 2.48. The Morgan fingerprint density at radius 2 is 1.79 bits per heavy atom. The summed E-state index contributed by atoms with van der Waals surface area (Å²) in [5.41, 5.74) is 5.72. The number of benzene rings is 2. The molecule has 6 nitrogen and oxygen atoms in total. The van der Waals surface area contributed by atoms with Crippen molar-refractivity contribution in [2.45, 2.75) is 31.1 Å². The maximum Gasteiger partial charge on any atom is 0.414 e. The lowest BCUT2D eigenvalue weighted by Crippen LogP contribution is -2.40. The maximum atomic E-state index is 12.8. The van der Waals surface area contributed by atoms with Gasteiger partial charge in [0.1, 0.15) is 6.10 Å². The van der Waals surface area contributed by atoms with E-state index >= 15 is 0 Å². The van der Waals surface area contributed by atoms with Crippen LogP contribution in [-0.2, 0) is 14.3 Å². The Morgan fingerprint density at radius 3 is 2.50 bits per heavy atom. The summed E-state index contributed by atoms with van der Waals surface area (Å²) in [6.45, 7) is 0. The monoisotopic (exact) mass is 377 g/mol. The second kappa shape index (κ2) is 6.21. The van der Waals surface area contributed by atoms with E-state index in [1.54, 1.807) is 0 Å². The highest BCUT2D eigenvalue weighted by molar-refractivity contribution is 5.86. The van der Waals surface area contributed by atoms with E-state index in [-0.39, 0.29) is 18.6 Å². The summed E-state index contributed by atoms with van der Waals surface area (Å²) in [4.78, 5) is 25.9. The second-order valence-corrected chi connectivity index (χ2v) is 7.24. The lowest BCUT2D eigenvalue weighted by atomic mass is 9.82. The van der Waals surface area contributed by atoms with E-state index < -0.39 is 18.1 Å². The summed E-state index contributed by atoms with van der Waals surface area (Å²) in [6.07, 6.45) is -0.653. The minimum atomic E-state index is -0.962. The number of nitrogens with zero attached hydrogens (tertiary/aromatic N) is 1. The summed E-state index contributed by atoms with van der Waals surface area (Å²) < 4.78 is 11.4. The molecule has 5 rings (SSSR count). The van der Waals surface area contributed by atoms with Crippen LogP contribution in [0.4, 0.5) is 4.79 Å². The first-order valence-corrected chi connectivity index (χ1v) is 9.25. The molecule has 3 atom stereocenters. The van der Waals surface area contributed by atoms with Crippen LogP contribution < -0.4 is 0 Å². The topological polar surface area (TPSA) is 76.1 Å². The summed E-state index contributed by atoms with van der Waals surface area (Å²) in [7, 11) is 1.32. The van der Waals surface area contributed by atoms with Gasteiger partial charge in [0.25, 0.3) is 0 Å². The van der Waals surface area contributed by atoms with E-state index in [4.69, 9.17) is 9.47 Å². The molecule has 0 saturated carbocycles. The van der Waals surface area contributed by atoms with Gasteiger partial charge in [0.2, 0.25) is 0 Å². The average Bonchev–Trinajstić information content (AvgIpc) is 3.00. The molecule has 0 unspecified atom stereocenters. The van der Waals surface area contributed by atoms with Crippen LogP contribution in [0.25, 0.3) is 5.57 Å². The predicted molar refractivity (Wildman–Crippen MR) is 100 cm³/mol. The Kier molecular flexibility index (Phi) is 3.77. The van der Waals surface area contributed by atoms with Crippen LogP contribution in [0.15, 0.2) is 54.2 Å². The Bertz CT molecular complexity index is 1030. The fraction of sp³-hybridized carbons (Fsp3) is 0.273. The lowest BCUT2D eigenvalue weighted by molar-refractivity contribution is -0.138. The van der Waals surface area contributed by atoms with E-state index in [9.17, 15) is 14.7 Å². The van der Waals surface area contributed by atoms with Crippen molar-refractivity contribution in [3.63, 3.8) is 0 Å². The molecule has 1 N–H and O–H groups in total. The van der Waals surface area contributed by atoms with Gasteiger partial charge in [-0.1, -0.05) is 48.5 Å². The average molecular weight is 377 g/mol. The van der Waals surface area contributed by atoms with Crippen LogP contribution in [0.1, 0.15) is 53.3 Å². The molecule has 0 aliphatic carbocycles. The number of hydrogen-bond donors (Lipinski definition) is 1. The molecule has 2 aromatic carbocycles. The SMILES string of the molecule is COC(=O)N1C2=C(c3ccccc3[C@@H]1CC(=O)O)[C@@H]1O[C@@H](C2)c2ccccc21. The van der Waals surface area contributed by atoms with Crippen molar-refractivity contribution in [1.29, 1.82) is 0 Å². The van der Waals surface area contributed by atoms with Gasteiger partial charge in [0.05, 0.1) is 25.7 Å². The number of aliphatic carboxylic acids is 1. The molecule has 2 bridgehead atoms. The van der Waals surface area contributed by atoms with Crippen LogP contribution in [0.5, 0.6) is 0 Å². The van der Waals surface area contributed by atoms with E-state index in [0.29, 0.717) is 6.42 Å². The summed E-state index contributed by atoms with van der Waals surface area (Å²) in [5, 5.41) is 9.50. The van der Waals surface area contributed by atoms with Crippen LogP contribution in [0.3, 0.4) is 0 Å². The standard InChI is InChI=1S/C22H19NO5/c1-27-22(26)23-16(11-19(24)25)12-6-2-4-8-14(12)20-17(23)10-18-13-7-3-5-9-15(13)21(20)28-18/h2-9,16,18,21H,10-11H2,1H3,(H,24,25)/t16-,18-,21+/m0/s1. The third-order valence-electron chi connectivity index (χ3n) is 5.83. The number of amides is 1. The molecular weight excluding hydrogens is 358 g/mol. The number of hydrogen-bond acceptors (Lipinski definition) is 4. The number of fused-ring (bicyclic) bond motifs is 8. The van der Waals surface area contributed by atoms with Gasteiger partial charge in [-0.15, -0.1) is 0 Å². The van der Waals surface area contributed by atoms with E-state index in [2.05, 4.69) is 12.1 Å². The number of carbonyl (C=O) groups excluding carboxylic acids is 1. The van der Waals surface area contributed by atoms with Gasteiger partial charge in [-0.05, 0) is 22.3 Å². The summed E-state index contributed by atoms with van der Waals surface area (Å²) >= 11 is 0. The number of carboxylic acid groups (broad SMARTS) is 1. The lowest BCUT2D eigenvalue weighted by Gasteiger charge is -2.42. The van der Waals surface area contributed by atoms with E-state index in [0.717, 1.165) is 33.5 Å². The zero-order valence-electron chi connectivity index (χ0n) is 15.3. The van der Waals surface area contributed by atoms with Crippen LogP contribution in [0, 0.1) is 0 Å². The van der Waals surface area contributed by atoms with Gasteiger partial charge in [0, 0.05) is 17.7 Å². The van der Waals surface area contributed by atoms with Crippen molar-refractivity contribution in [2.24, 2.45) is 0 Å². The largest absolute Gasteiger partial charge is 0.481 e. The number of rotatable bonds is 2. The van der Waals surface area contributed by atoms with E-state index in [1.807, 2.05) is 36.4 Å². The minimum Gasteiger partial charge on any atom is -0.481 e. The normalized spacial score (nSPS) is 24.3. The number of carbonyl (C=O) groups is 2. The summed E-state index contributed by atoms with van der Waals surface area (Å²) in [5.74, 6) is -0.962. The Morgan fingerprint density at radius 1 is 1.11 bits per heavy atom. The minimum absolute atomic E-state index is 0.150. The molecule has 0 aromatic heterocycles. The first kappa shape index (κ1) is 17.0. The van der Waals surface area contributed by atoms with Crippen LogP contribution >= 0.6 is 0 Å². The molecule has 0 spiro atoms. The van der Waals surface area contributed by atoms with Crippen molar-refractivity contribution in [1.82, 2.24) is 4.90 Å². The molecule has 3 aliphatic heterocycles. The molecule has 3 heterocycles. The predicted octanol–water partition coefficient (Wildman–Crippen LogP) is 4.21. The third kappa shape index (κ3) is 2.31. The van der Waals surface area contributed by atoms with Gasteiger partial charge in [0.15, 0.2) is 0 Å². The molecule has 2 aromatic rings. The van der Waals surface area contributed by atoms with Gasteiger partial charge >= 0.3 is 12.1 Å². The van der Waals surface area contributed by atoms with Gasteiger partial charge in [-0.3, -0.25) is 9.69 Å². The number of methoxy groups -OCH3 is 1. The van der Waals surface area contributed by atoms with E-state index in [1.165, 1.54) is 12.0 Å². The van der Waals surface area contributed by atoms with Crippen molar-refractivity contribution < 1.29 is 24.2 Å². The zero-order chi connectivity index (χ0) is 19.4. The summed E-state index contributed by atoms with van der Waals surface area (Å²) in [6, 6.07) is 15.1. The molecule has 142 valence electrons. The Hall–Kier alpha value is -3.12. The molecule has 28 heavy (non-hydrogen) atoms. The molecule has 0 fully saturated rings. The molecule has 6 heteroatoms. The van der Waals surface area contributed by atoms with Crippen LogP contribution in [0.2, 0.25) is 0 Å². The highest BCUT2D eigenvalue weighted by atomic mass is 16.5. The van der Waals surface area contributed by atoms with Crippen LogP contribution in [-0.4, -0.2) is 29.2 Å². The Balaban J connectivity index is 1.75. The molecule has 1 amide bonds. The maximum absolute atomic E-state index is 12.8. The molecule has 3 aliphatic rings. The van der Waals surface area contributed by atoms with Crippen molar-refractivity contribution >= 4 is 17.6 Å². The van der Waals surface area contributed by atoms with Crippen molar-refractivity contribution in [2.75, 3.05) is 7.11 Å². The second-order valence-electron chi connectivity index (χ2n) is 7.24. The number of carboxylic acids is 1. The fourth-order valence-corrected chi connectivity index (χ4v) is 4.76. The van der Waals surface area contributed by atoms with Gasteiger partial charge < -0.3 is 14.6 Å². The Labute approximate surface area is 162 Å². The smallest absolute Gasteiger partial charge is 0.414 e. The molecular formula is C22H19NO5. The quantitative estimate of drug-likeness (QED) is 0.848. The van der Waals surface area contributed by atoms with Gasteiger partial charge in [-0.25, -0.2) is 4.79 Å². The first-order chi connectivity index (χ1) is 13.6. The zero-order valence-corrected chi connectivity index (χ0v) is 15.3.